The van der Waals surface area contributed by atoms with Crippen molar-refractivity contribution >= 4 is 5.91 Å². The Balaban J connectivity index is 1.61. The predicted octanol–water partition coefficient (Wildman–Crippen LogP) is 3.35. The van der Waals surface area contributed by atoms with E-state index in [2.05, 4.69) is 4.98 Å². The van der Waals surface area contributed by atoms with Crippen LogP contribution in [0.5, 0.6) is 5.75 Å². The van der Waals surface area contributed by atoms with Crippen LogP contribution >= 0.6 is 0 Å². The third-order valence-electron chi connectivity index (χ3n) is 4.25. The van der Waals surface area contributed by atoms with Crippen LogP contribution in [0.1, 0.15) is 30.4 Å². The first-order valence-corrected chi connectivity index (χ1v) is 8.18. The van der Waals surface area contributed by atoms with E-state index in [1.807, 2.05) is 17.0 Å². The van der Waals surface area contributed by atoms with E-state index < -0.39 is 5.82 Å². The number of hydrogen-bond donors (Lipinski definition) is 0. The Morgan fingerprint density at radius 1 is 1.25 bits per heavy atom. The molecule has 0 aliphatic heterocycles. The Morgan fingerprint density at radius 2 is 2.00 bits per heavy atom. The topological polar surface area (TPSA) is 42.4 Å². The lowest BCUT2D eigenvalue weighted by atomic mass is 10.1. The number of methoxy groups -OCH3 is 1. The summed E-state index contributed by atoms with van der Waals surface area (Å²) in [6.07, 6.45) is 6.52. The van der Waals surface area contributed by atoms with E-state index in [9.17, 15) is 9.18 Å². The maximum absolute atomic E-state index is 13.7. The summed E-state index contributed by atoms with van der Waals surface area (Å²) in [4.78, 5) is 18.5. The fraction of sp³-hybridized carbons (Fsp3) is 0.368. The predicted molar refractivity (Wildman–Crippen MR) is 89.1 cm³/mol. The molecule has 1 aromatic carbocycles. The zero-order valence-electron chi connectivity index (χ0n) is 13.7. The van der Waals surface area contributed by atoms with Crippen molar-refractivity contribution in [2.45, 2.75) is 38.3 Å². The minimum atomic E-state index is -0.390. The third kappa shape index (κ3) is 4.10. The van der Waals surface area contributed by atoms with Crippen LogP contribution in [0.3, 0.4) is 0 Å². The van der Waals surface area contributed by atoms with E-state index in [-0.39, 0.29) is 11.7 Å². The van der Waals surface area contributed by atoms with E-state index >= 15 is 0 Å². The van der Waals surface area contributed by atoms with E-state index in [0.29, 0.717) is 25.4 Å². The fourth-order valence-corrected chi connectivity index (χ4v) is 2.75. The molecule has 4 nitrogen and oxygen atoms in total. The first kappa shape index (κ1) is 16.4. The van der Waals surface area contributed by atoms with Gasteiger partial charge in [0.15, 0.2) is 11.6 Å². The highest BCUT2D eigenvalue weighted by Crippen LogP contribution is 2.29. The molecule has 1 fully saturated rings. The van der Waals surface area contributed by atoms with Crippen LogP contribution in [0.4, 0.5) is 4.39 Å². The van der Waals surface area contributed by atoms with Gasteiger partial charge >= 0.3 is 0 Å². The zero-order chi connectivity index (χ0) is 16.9. The lowest BCUT2D eigenvalue weighted by molar-refractivity contribution is -0.132. The summed E-state index contributed by atoms with van der Waals surface area (Å²) < 4.78 is 18.6. The first-order valence-electron chi connectivity index (χ1n) is 8.18. The number of rotatable bonds is 7. The number of nitrogens with zero attached hydrogens (tertiary/aromatic N) is 2. The van der Waals surface area contributed by atoms with Crippen LogP contribution in [0.15, 0.2) is 42.7 Å². The largest absolute Gasteiger partial charge is 0.494 e. The third-order valence-corrected chi connectivity index (χ3v) is 4.25. The summed E-state index contributed by atoms with van der Waals surface area (Å²) in [5.41, 5.74) is 1.89. The molecule has 1 aliphatic rings. The van der Waals surface area contributed by atoms with Crippen molar-refractivity contribution in [3.05, 3.63) is 59.7 Å². The molecule has 0 radical (unpaired) electrons. The van der Waals surface area contributed by atoms with Crippen molar-refractivity contribution in [1.82, 2.24) is 9.88 Å². The molecule has 1 amide bonds. The molecule has 5 heteroatoms. The van der Waals surface area contributed by atoms with Gasteiger partial charge in [0.05, 0.1) is 7.11 Å². The number of carbonyl (C=O) groups excluding carboxylic acids is 1. The fourth-order valence-electron chi connectivity index (χ4n) is 2.75. The Kier molecular flexibility index (Phi) is 5.08. The molecule has 1 heterocycles. The number of ether oxygens (including phenoxy) is 1. The maximum atomic E-state index is 13.7. The van der Waals surface area contributed by atoms with E-state index in [1.54, 1.807) is 24.5 Å². The normalized spacial score (nSPS) is 13.6. The first-order chi connectivity index (χ1) is 11.7. The van der Waals surface area contributed by atoms with Gasteiger partial charge in [0, 0.05) is 31.4 Å². The highest BCUT2D eigenvalue weighted by molar-refractivity contribution is 5.77. The summed E-state index contributed by atoms with van der Waals surface area (Å²) in [6.45, 7) is 0.614. The standard InChI is InChI=1S/C19H21FN2O2/c1-24-18-6-2-14(12-17(18)20)3-7-19(23)22(16-4-5-16)13-15-8-10-21-11-9-15/h2,6,8-12,16H,3-5,7,13H2,1H3. The van der Waals surface area contributed by atoms with Crippen LogP contribution < -0.4 is 4.74 Å². The molecular weight excluding hydrogens is 307 g/mol. The van der Waals surface area contributed by atoms with Crippen molar-refractivity contribution in [3.63, 3.8) is 0 Å². The molecule has 126 valence electrons. The van der Waals surface area contributed by atoms with E-state index in [1.165, 1.54) is 13.2 Å². The lowest BCUT2D eigenvalue weighted by Crippen LogP contribution is -2.32. The molecule has 24 heavy (non-hydrogen) atoms. The van der Waals surface area contributed by atoms with Gasteiger partial charge in [0.1, 0.15) is 0 Å². The monoisotopic (exact) mass is 328 g/mol. The van der Waals surface area contributed by atoms with Crippen LogP contribution in [0, 0.1) is 5.82 Å². The highest BCUT2D eigenvalue weighted by atomic mass is 19.1. The number of halogens is 1. The zero-order valence-corrected chi connectivity index (χ0v) is 13.7. The number of aromatic nitrogens is 1. The molecule has 1 saturated carbocycles. The smallest absolute Gasteiger partial charge is 0.223 e. The average molecular weight is 328 g/mol. The molecule has 0 bridgehead atoms. The quantitative estimate of drug-likeness (QED) is 0.783. The van der Waals surface area contributed by atoms with Gasteiger partial charge < -0.3 is 9.64 Å². The number of aryl methyl sites for hydroxylation is 1. The molecule has 2 aromatic rings. The van der Waals surface area contributed by atoms with Gasteiger partial charge in [0.2, 0.25) is 5.91 Å². The lowest BCUT2D eigenvalue weighted by Gasteiger charge is -2.22. The van der Waals surface area contributed by atoms with E-state index in [0.717, 1.165) is 24.0 Å². The number of hydrogen-bond acceptors (Lipinski definition) is 3. The van der Waals surface area contributed by atoms with Crippen LogP contribution in [0.25, 0.3) is 0 Å². The van der Waals surface area contributed by atoms with Gasteiger partial charge in [-0.2, -0.15) is 0 Å². The Bertz CT molecular complexity index is 702. The van der Waals surface area contributed by atoms with Crippen molar-refractivity contribution in [1.29, 1.82) is 0 Å². The molecule has 0 atom stereocenters. The van der Waals surface area contributed by atoms with Gasteiger partial charge in [-0.15, -0.1) is 0 Å². The minimum Gasteiger partial charge on any atom is -0.494 e. The number of benzene rings is 1. The summed E-state index contributed by atoms with van der Waals surface area (Å²) in [5.74, 6) is -0.0498. The molecule has 0 saturated heterocycles. The molecule has 1 aromatic heterocycles. The number of pyridine rings is 1. The molecule has 3 rings (SSSR count). The van der Waals surface area contributed by atoms with Crippen molar-refractivity contribution in [3.8, 4) is 5.75 Å². The number of amides is 1. The van der Waals surface area contributed by atoms with Crippen LogP contribution in [-0.4, -0.2) is 28.9 Å². The second kappa shape index (κ2) is 7.43. The van der Waals surface area contributed by atoms with Gasteiger partial charge in [-0.05, 0) is 54.7 Å². The van der Waals surface area contributed by atoms with Crippen molar-refractivity contribution < 1.29 is 13.9 Å². The average Bonchev–Trinajstić information content (AvgIpc) is 3.43. The minimum absolute atomic E-state index is 0.116. The molecule has 0 unspecified atom stereocenters. The van der Waals surface area contributed by atoms with Gasteiger partial charge in [-0.1, -0.05) is 6.07 Å². The Hall–Kier alpha value is -2.43. The summed E-state index contributed by atoms with van der Waals surface area (Å²) in [5, 5.41) is 0. The molecule has 0 spiro atoms. The molecular formula is C19H21FN2O2. The Labute approximate surface area is 141 Å². The summed E-state index contributed by atoms with van der Waals surface area (Å²) >= 11 is 0. The summed E-state index contributed by atoms with van der Waals surface area (Å²) in [6, 6.07) is 9.06. The van der Waals surface area contributed by atoms with Crippen LogP contribution in [0.2, 0.25) is 0 Å². The summed E-state index contributed by atoms with van der Waals surface area (Å²) in [7, 11) is 1.44. The van der Waals surface area contributed by atoms with Gasteiger partial charge in [-0.3, -0.25) is 9.78 Å². The van der Waals surface area contributed by atoms with Crippen LogP contribution in [-0.2, 0) is 17.8 Å². The SMILES string of the molecule is COc1ccc(CCC(=O)N(Cc2ccncc2)C2CC2)cc1F. The highest BCUT2D eigenvalue weighted by Gasteiger charge is 2.32. The number of carbonyl (C=O) groups is 1. The van der Waals surface area contributed by atoms with Gasteiger partial charge in [0.25, 0.3) is 0 Å². The Morgan fingerprint density at radius 3 is 2.62 bits per heavy atom. The molecule has 0 N–H and O–H groups in total. The van der Waals surface area contributed by atoms with Gasteiger partial charge in [-0.25, -0.2) is 4.39 Å². The van der Waals surface area contributed by atoms with E-state index in [4.69, 9.17) is 4.74 Å². The second-order valence-corrected chi connectivity index (χ2v) is 6.08. The van der Waals surface area contributed by atoms with Crippen molar-refractivity contribution in [2.75, 3.05) is 7.11 Å². The molecule has 1 aliphatic carbocycles. The maximum Gasteiger partial charge on any atom is 0.223 e. The second-order valence-electron chi connectivity index (χ2n) is 6.08. The van der Waals surface area contributed by atoms with Crippen molar-refractivity contribution in [2.24, 2.45) is 0 Å².